The number of carbonyl (C=O) groups is 1. The van der Waals surface area contributed by atoms with Gasteiger partial charge in [-0.15, -0.1) is 0 Å². The molecule has 0 aromatic carbocycles. The third kappa shape index (κ3) is 0.873. The largest absolute Gasteiger partial charge is 0.302 e. The normalized spacial score (nSPS) is 21.7. The van der Waals surface area contributed by atoms with Crippen LogP contribution in [-0.2, 0) is 4.79 Å². The van der Waals surface area contributed by atoms with Crippen LogP contribution >= 0.6 is 0 Å². The topological polar surface area (TPSA) is 17.1 Å². The summed E-state index contributed by atoms with van der Waals surface area (Å²) in [5.41, 5.74) is 0. The fourth-order valence-electron chi connectivity index (χ4n) is 0.845. The Labute approximate surface area is 56.8 Å². The van der Waals surface area contributed by atoms with Crippen LogP contribution in [0.25, 0.3) is 0 Å². The highest BCUT2D eigenvalue weighted by molar-refractivity contribution is 6.84. The van der Waals surface area contributed by atoms with Gasteiger partial charge in [-0.05, 0) is 0 Å². The Morgan fingerprint density at radius 3 is 1.78 bits per heavy atom. The van der Waals surface area contributed by atoms with Crippen LogP contribution in [0, 0.1) is 0 Å². The van der Waals surface area contributed by atoms with Crippen molar-refractivity contribution in [3.8, 4) is 0 Å². The van der Waals surface area contributed by atoms with Gasteiger partial charge < -0.3 is 4.79 Å². The predicted octanol–water partition coefficient (Wildman–Crippen LogP) is 1.83. The van der Waals surface area contributed by atoms with Crippen molar-refractivity contribution in [1.82, 2.24) is 0 Å². The molecule has 1 aliphatic carbocycles. The molecule has 0 unspecified atom stereocenters. The van der Waals surface area contributed by atoms with E-state index in [2.05, 4.69) is 19.6 Å². The van der Waals surface area contributed by atoms with Crippen molar-refractivity contribution in [2.24, 2.45) is 0 Å². The van der Waals surface area contributed by atoms with Crippen LogP contribution in [0.3, 0.4) is 0 Å². The van der Waals surface area contributed by atoms with E-state index >= 15 is 0 Å². The van der Waals surface area contributed by atoms with Crippen LogP contribution in [-0.4, -0.2) is 14.4 Å². The highest BCUT2D eigenvalue weighted by Gasteiger charge is 2.46. The molecule has 9 heavy (non-hydrogen) atoms. The van der Waals surface area contributed by atoms with Crippen LogP contribution in [0.1, 0.15) is 0 Å². The minimum Gasteiger partial charge on any atom is -0.302 e. The zero-order valence-corrected chi connectivity index (χ0v) is 7.14. The lowest BCUT2D eigenvalue weighted by atomic mass is 10.4. The molecule has 0 bridgehead atoms. The molecule has 1 nitrogen and oxygen atoms in total. The summed E-state index contributed by atoms with van der Waals surface area (Å²) in [5.74, 6) is 0. The zero-order chi connectivity index (χ0) is 7.12. The van der Waals surface area contributed by atoms with Gasteiger partial charge in [-0.25, -0.2) is 0 Å². The van der Waals surface area contributed by atoms with Gasteiger partial charge in [0.15, 0.2) is 0 Å². The third-order valence-electron chi connectivity index (χ3n) is 2.02. The van der Waals surface area contributed by atoms with E-state index in [0.717, 1.165) is 6.29 Å². The summed E-state index contributed by atoms with van der Waals surface area (Å²) in [4.78, 5) is 10.5. The summed E-state index contributed by atoms with van der Waals surface area (Å²) in [5, 5.41) is -0.0625. The summed E-state index contributed by atoms with van der Waals surface area (Å²) >= 11 is 0. The fraction of sp³-hybridized carbons (Fsp3) is 0.571. The predicted molar refractivity (Wildman–Crippen MR) is 41.2 cm³/mol. The fourth-order valence-corrected chi connectivity index (χ4v) is 2.28. The summed E-state index contributed by atoms with van der Waals surface area (Å²) in [7, 11) is -1.25. The van der Waals surface area contributed by atoms with E-state index in [1.165, 1.54) is 0 Å². The minimum absolute atomic E-state index is 0.0625. The summed E-state index contributed by atoms with van der Waals surface area (Å²) in [6.07, 6.45) is 5.12. The Bertz CT molecular complexity index is 158. The zero-order valence-electron chi connectivity index (χ0n) is 6.14. The second-order valence-corrected chi connectivity index (χ2v) is 9.00. The molecule has 0 amide bonds. The molecular weight excluding hydrogens is 128 g/mol. The summed E-state index contributed by atoms with van der Waals surface area (Å²) in [6, 6.07) is 0. The molecule has 1 rings (SSSR count). The maximum Gasteiger partial charge on any atom is 0.130 e. The average molecular weight is 140 g/mol. The molecule has 1 aliphatic rings. The van der Waals surface area contributed by atoms with E-state index in [1.54, 1.807) is 0 Å². The second-order valence-electron chi connectivity index (χ2n) is 3.63. The number of rotatable bonds is 2. The molecule has 0 aliphatic heterocycles. The van der Waals surface area contributed by atoms with Gasteiger partial charge in [-0.3, -0.25) is 0 Å². The second kappa shape index (κ2) is 1.57. The van der Waals surface area contributed by atoms with Gasteiger partial charge >= 0.3 is 0 Å². The summed E-state index contributed by atoms with van der Waals surface area (Å²) in [6.45, 7) is 6.63. The van der Waals surface area contributed by atoms with E-state index in [4.69, 9.17) is 0 Å². The lowest BCUT2D eigenvalue weighted by Crippen LogP contribution is -2.31. The Kier molecular flexibility index (Phi) is 1.17. The monoisotopic (exact) mass is 140 g/mol. The number of hydrogen-bond donors (Lipinski definition) is 0. The molecule has 0 heterocycles. The lowest BCUT2D eigenvalue weighted by Gasteiger charge is -2.23. The Hall–Kier alpha value is -0.373. The van der Waals surface area contributed by atoms with Crippen molar-refractivity contribution in [2.45, 2.75) is 24.7 Å². The van der Waals surface area contributed by atoms with Crippen LogP contribution < -0.4 is 0 Å². The molecule has 0 aromatic rings. The van der Waals surface area contributed by atoms with Crippen molar-refractivity contribution >= 4 is 14.4 Å². The van der Waals surface area contributed by atoms with Crippen LogP contribution in [0.4, 0.5) is 0 Å². The maximum atomic E-state index is 10.5. The smallest absolute Gasteiger partial charge is 0.130 e. The molecule has 0 saturated heterocycles. The van der Waals surface area contributed by atoms with Crippen molar-refractivity contribution in [3.63, 3.8) is 0 Å². The van der Waals surface area contributed by atoms with Crippen molar-refractivity contribution in [3.05, 3.63) is 12.2 Å². The van der Waals surface area contributed by atoms with Crippen molar-refractivity contribution in [2.75, 3.05) is 0 Å². The maximum absolute atomic E-state index is 10.5. The van der Waals surface area contributed by atoms with Crippen LogP contribution in [0.15, 0.2) is 12.2 Å². The molecule has 0 N–H and O–H groups in total. The van der Waals surface area contributed by atoms with E-state index in [0.29, 0.717) is 0 Å². The Morgan fingerprint density at radius 2 is 1.78 bits per heavy atom. The Balaban J connectivity index is 2.72. The Morgan fingerprint density at radius 1 is 1.33 bits per heavy atom. The molecule has 0 aromatic heterocycles. The van der Waals surface area contributed by atoms with E-state index < -0.39 is 8.07 Å². The summed E-state index contributed by atoms with van der Waals surface area (Å²) < 4.78 is 0. The lowest BCUT2D eigenvalue weighted by molar-refractivity contribution is -0.108. The van der Waals surface area contributed by atoms with Crippen LogP contribution in [0.2, 0.25) is 24.7 Å². The molecule has 50 valence electrons. The quantitative estimate of drug-likeness (QED) is 0.325. The first-order valence-corrected chi connectivity index (χ1v) is 6.69. The van der Waals surface area contributed by atoms with E-state index in [1.807, 2.05) is 12.2 Å². The molecule has 0 fully saturated rings. The number of hydrogen-bond acceptors (Lipinski definition) is 1. The molecule has 0 radical (unpaired) electrons. The molecule has 0 atom stereocenters. The molecular formula is C7H12OSi. The van der Waals surface area contributed by atoms with Crippen molar-refractivity contribution in [1.29, 1.82) is 0 Å². The van der Waals surface area contributed by atoms with Gasteiger partial charge in [0, 0.05) is 0 Å². The van der Waals surface area contributed by atoms with E-state index in [-0.39, 0.29) is 5.04 Å². The van der Waals surface area contributed by atoms with E-state index in [9.17, 15) is 4.79 Å². The van der Waals surface area contributed by atoms with Gasteiger partial charge in [-0.1, -0.05) is 31.8 Å². The van der Waals surface area contributed by atoms with Crippen LogP contribution in [0.5, 0.6) is 0 Å². The highest BCUT2D eigenvalue weighted by Crippen LogP contribution is 2.49. The standard InChI is InChI=1S/C7H12OSi/c1-9(2,3)7(6-8)4-5-7/h4-6H,1-3H3. The molecule has 0 saturated carbocycles. The van der Waals surface area contributed by atoms with Gasteiger partial charge in [0.05, 0.1) is 13.1 Å². The first-order chi connectivity index (χ1) is 4.02. The average Bonchev–Trinajstić information content (AvgIpc) is 2.40. The first-order valence-electron chi connectivity index (χ1n) is 3.19. The minimum atomic E-state index is -1.25. The van der Waals surface area contributed by atoms with Gasteiger partial charge in [0.25, 0.3) is 0 Å². The van der Waals surface area contributed by atoms with Gasteiger partial charge in [0.1, 0.15) is 6.29 Å². The van der Waals surface area contributed by atoms with Gasteiger partial charge in [-0.2, -0.15) is 0 Å². The van der Waals surface area contributed by atoms with Crippen molar-refractivity contribution < 1.29 is 4.79 Å². The number of carbonyl (C=O) groups excluding carboxylic acids is 1. The SMILES string of the molecule is C[Si](C)(C)C1(C=O)C=C1. The third-order valence-corrected chi connectivity index (χ3v) is 5.07. The number of allylic oxidation sites excluding steroid dienone is 2. The highest BCUT2D eigenvalue weighted by atomic mass is 28.3. The number of aldehydes is 1. The molecule has 2 heteroatoms. The van der Waals surface area contributed by atoms with Gasteiger partial charge in [0.2, 0.25) is 0 Å². The molecule has 0 spiro atoms. The first kappa shape index (κ1) is 6.74.